The summed E-state index contributed by atoms with van der Waals surface area (Å²) in [7, 11) is 1.65. The Balaban J connectivity index is 1.70. The molecule has 3 rings (SSSR count). The maximum Gasteiger partial charge on any atom is 0.338 e. The fourth-order valence-electron chi connectivity index (χ4n) is 3.68. The normalized spacial score (nSPS) is 12.3. The van der Waals surface area contributed by atoms with Gasteiger partial charge in [0, 0.05) is 30.6 Å². The van der Waals surface area contributed by atoms with Gasteiger partial charge in [0.25, 0.3) is 0 Å². The molecule has 8 heteroatoms. The number of aromatic nitrogens is 4. The molecule has 0 saturated carbocycles. The highest BCUT2D eigenvalue weighted by atomic mass is 16.5. The second-order valence-corrected chi connectivity index (χ2v) is 7.07. The van der Waals surface area contributed by atoms with E-state index in [0.29, 0.717) is 29.8 Å². The molecule has 0 fully saturated rings. The van der Waals surface area contributed by atoms with Crippen LogP contribution >= 0.6 is 0 Å². The van der Waals surface area contributed by atoms with Crippen molar-refractivity contribution in [1.29, 1.82) is 0 Å². The average Bonchev–Trinajstić information content (AvgIpc) is 3.25. The quantitative estimate of drug-likeness (QED) is 0.428. The van der Waals surface area contributed by atoms with Crippen LogP contribution in [0.5, 0.6) is 0 Å². The van der Waals surface area contributed by atoms with Gasteiger partial charge >= 0.3 is 5.97 Å². The first-order valence-electron chi connectivity index (χ1n) is 9.58. The average molecular weight is 398 g/mol. The third kappa shape index (κ3) is 4.07. The van der Waals surface area contributed by atoms with Gasteiger partial charge in [-0.05, 0) is 52.0 Å². The van der Waals surface area contributed by atoms with Crippen LogP contribution < -0.4 is 0 Å². The highest BCUT2D eigenvalue weighted by molar-refractivity contribution is 6.01. The molecule has 0 bridgehead atoms. The second-order valence-electron chi connectivity index (χ2n) is 7.07. The van der Waals surface area contributed by atoms with Crippen molar-refractivity contribution in [3.8, 4) is 0 Å². The minimum absolute atomic E-state index is 0.104. The molecule has 8 nitrogen and oxygen atoms in total. The number of rotatable bonds is 8. The predicted molar refractivity (Wildman–Crippen MR) is 108 cm³/mol. The standard InChI is InChI=1S/C21H26N4O4/c1-6-24-19-8-7-16(10-18(19)22-23-24)21(27)29-12-20(26)17-9-13(2)25(15(17)4)14(3)11-28-5/h7-10,14H,6,11-12H2,1-5H3. The van der Waals surface area contributed by atoms with E-state index >= 15 is 0 Å². The van der Waals surface area contributed by atoms with Gasteiger partial charge in [-0.2, -0.15) is 0 Å². The smallest absolute Gasteiger partial charge is 0.338 e. The Morgan fingerprint density at radius 1 is 1.21 bits per heavy atom. The van der Waals surface area contributed by atoms with Crippen molar-refractivity contribution in [2.75, 3.05) is 20.3 Å². The number of hydrogen-bond acceptors (Lipinski definition) is 6. The zero-order valence-electron chi connectivity index (χ0n) is 17.4. The van der Waals surface area contributed by atoms with Gasteiger partial charge in [0.1, 0.15) is 5.52 Å². The molecule has 1 unspecified atom stereocenters. The van der Waals surface area contributed by atoms with Gasteiger partial charge in [0.2, 0.25) is 5.78 Å². The summed E-state index contributed by atoms with van der Waals surface area (Å²) in [6.07, 6.45) is 0. The fraction of sp³-hybridized carbons (Fsp3) is 0.429. The highest BCUT2D eigenvalue weighted by Gasteiger charge is 2.20. The number of ketones is 1. The maximum atomic E-state index is 12.7. The number of ether oxygens (including phenoxy) is 2. The number of fused-ring (bicyclic) bond motifs is 1. The minimum atomic E-state index is -0.562. The van der Waals surface area contributed by atoms with Crippen LogP contribution in [0.25, 0.3) is 11.0 Å². The number of Topliss-reactive ketones (excluding diaryl/α,β-unsaturated/α-hetero) is 1. The summed E-state index contributed by atoms with van der Waals surface area (Å²) in [5.41, 5.74) is 4.16. The van der Waals surface area contributed by atoms with Gasteiger partial charge in [0.15, 0.2) is 6.61 Å². The van der Waals surface area contributed by atoms with Crippen molar-refractivity contribution >= 4 is 22.8 Å². The topological polar surface area (TPSA) is 88.2 Å². The Hall–Kier alpha value is -3.00. The van der Waals surface area contributed by atoms with Crippen LogP contribution in [0.3, 0.4) is 0 Å². The molecule has 0 spiro atoms. The van der Waals surface area contributed by atoms with Crippen LogP contribution in [-0.2, 0) is 16.0 Å². The van der Waals surface area contributed by atoms with Crippen LogP contribution in [0.4, 0.5) is 0 Å². The van der Waals surface area contributed by atoms with Crippen molar-refractivity contribution in [3.63, 3.8) is 0 Å². The van der Waals surface area contributed by atoms with E-state index in [4.69, 9.17) is 9.47 Å². The highest BCUT2D eigenvalue weighted by Crippen LogP contribution is 2.21. The van der Waals surface area contributed by atoms with Crippen LogP contribution in [0, 0.1) is 13.8 Å². The third-order valence-electron chi connectivity index (χ3n) is 5.02. The molecule has 154 valence electrons. The number of nitrogens with zero attached hydrogens (tertiary/aromatic N) is 4. The molecule has 0 aliphatic rings. The van der Waals surface area contributed by atoms with Crippen molar-refractivity contribution in [3.05, 3.63) is 46.8 Å². The summed E-state index contributed by atoms with van der Waals surface area (Å²) in [5.74, 6) is -0.798. The molecule has 3 aromatic rings. The molecular weight excluding hydrogens is 372 g/mol. The lowest BCUT2D eigenvalue weighted by Crippen LogP contribution is -2.17. The number of carbonyl (C=O) groups excluding carboxylic acids is 2. The minimum Gasteiger partial charge on any atom is -0.454 e. The SMILES string of the molecule is CCn1nnc2cc(C(=O)OCC(=O)c3cc(C)n(C(C)COC)c3C)ccc21. The Bertz CT molecular complexity index is 1050. The molecule has 0 N–H and O–H groups in total. The molecule has 2 heterocycles. The molecule has 1 aromatic carbocycles. The zero-order valence-corrected chi connectivity index (χ0v) is 17.4. The number of esters is 1. The van der Waals surface area contributed by atoms with Gasteiger partial charge < -0.3 is 14.0 Å². The first kappa shape index (κ1) is 20.7. The summed E-state index contributed by atoms with van der Waals surface area (Å²) >= 11 is 0. The van der Waals surface area contributed by atoms with Gasteiger partial charge in [-0.15, -0.1) is 5.10 Å². The number of benzene rings is 1. The Kier molecular flexibility index (Phi) is 6.12. The Morgan fingerprint density at radius 3 is 2.66 bits per heavy atom. The summed E-state index contributed by atoms with van der Waals surface area (Å²) in [5, 5.41) is 8.08. The molecule has 0 saturated heterocycles. The van der Waals surface area contributed by atoms with Crippen LogP contribution in [0.15, 0.2) is 24.3 Å². The summed E-state index contributed by atoms with van der Waals surface area (Å²) < 4.78 is 14.3. The van der Waals surface area contributed by atoms with Gasteiger partial charge in [-0.25, -0.2) is 9.48 Å². The van der Waals surface area contributed by atoms with E-state index in [1.165, 1.54) is 0 Å². The lowest BCUT2D eigenvalue weighted by molar-refractivity contribution is 0.0474. The van der Waals surface area contributed by atoms with Gasteiger partial charge in [-0.3, -0.25) is 4.79 Å². The van der Waals surface area contributed by atoms with Gasteiger partial charge in [-0.1, -0.05) is 5.21 Å². The van der Waals surface area contributed by atoms with E-state index in [0.717, 1.165) is 16.9 Å². The van der Waals surface area contributed by atoms with Crippen molar-refractivity contribution in [1.82, 2.24) is 19.6 Å². The first-order chi connectivity index (χ1) is 13.9. The summed E-state index contributed by atoms with van der Waals surface area (Å²) in [6.45, 7) is 8.75. The zero-order chi connectivity index (χ0) is 21.1. The Morgan fingerprint density at radius 2 is 1.97 bits per heavy atom. The lowest BCUT2D eigenvalue weighted by Gasteiger charge is -2.17. The van der Waals surface area contributed by atoms with E-state index in [-0.39, 0.29) is 18.4 Å². The summed E-state index contributed by atoms with van der Waals surface area (Å²) in [4.78, 5) is 25.1. The van der Waals surface area contributed by atoms with E-state index < -0.39 is 5.97 Å². The van der Waals surface area contributed by atoms with Crippen LogP contribution in [0.2, 0.25) is 0 Å². The number of aryl methyl sites for hydroxylation is 2. The molecule has 1 atom stereocenters. The largest absolute Gasteiger partial charge is 0.454 e. The number of methoxy groups -OCH3 is 1. The van der Waals surface area contributed by atoms with Crippen LogP contribution in [-0.4, -0.2) is 51.6 Å². The molecular formula is C21H26N4O4. The lowest BCUT2D eigenvalue weighted by atomic mass is 10.1. The van der Waals surface area contributed by atoms with E-state index in [9.17, 15) is 9.59 Å². The van der Waals surface area contributed by atoms with E-state index in [2.05, 4.69) is 14.9 Å². The van der Waals surface area contributed by atoms with E-state index in [1.807, 2.05) is 33.8 Å². The maximum absolute atomic E-state index is 12.7. The number of carbonyl (C=O) groups is 2. The second kappa shape index (κ2) is 8.57. The Labute approximate surface area is 169 Å². The predicted octanol–water partition coefficient (Wildman–Crippen LogP) is 3.12. The van der Waals surface area contributed by atoms with Gasteiger partial charge in [0.05, 0.1) is 23.7 Å². The van der Waals surface area contributed by atoms with Crippen molar-refractivity contribution in [2.24, 2.45) is 0 Å². The first-order valence-corrected chi connectivity index (χ1v) is 9.58. The fourth-order valence-corrected chi connectivity index (χ4v) is 3.68. The molecule has 2 aromatic heterocycles. The molecule has 29 heavy (non-hydrogen) atoms. The molecule has 0 aliphatic heterocycles. The van der Waals surface area contributed by atoms with Crippen LogP contribution in [0.1, 0.15) is 52.0 Å². The number of hydrogen-bond donors (Lipinski definition) is 0. The van der Waals surface area contributed by atoms with E-state index in [1.54, 1.807) is 30.0 Å². The molecule has 0 aliphatic carbocycles. The third-order valence-corrected chi connectivity index (χ3v) is 5.02. The monoisotopic (exact) mass is 398 g/mol. The van der Waals surface area contributed by atoms with Crippen molar-refractivity contribution < 1.29 is 19.1 Å². The molecule has 0 amide bonds. The van der Waals surface area contributed by atoms with Crippen molar-refractivity contribution in [2.45, 2.75) is 40.3 Å². The molecule has 0 radical (unpaired) electrons. The summed E-state index contributed by atoms with van der Waals surface area (Å²) in [6, 6.07) is 6.99.